The van der Waals surface area contributed by atoms with Gasteiger partial charge in [0, 0.05) is 35.7 Å². The average Bonchev–Trinajstić information content (AvgIpc) is 3.17. The van der Waals surface area contributed by atoms with Crippen molar-refractivity contribution in [3.8, 4) is 0 Å². The fraction of sp³-hybridized carbons (Fsp3) is 0.182. The molecular formula is C22H19ClFN3O2. The fourth-order valence-corrected chi connectivity index (χ4v) is 3.86. The minimum Gasteiger partial charge on any atom is -0.348 e. The Morgan fingerprint density at radius 2 is 1.86 bits per heavy atom. The van der Waals surface area contributed by atoms with Crippen molar-refractivity contribution in [3.63, 3.8) is 0 Å². The minimum atomic E-state index is -0.438. The molecular weight excluding hydrogens is 393 g/mol. The molecule has 4 rings (SSSR count). The summed E-state index contributed by atoms with van der Waals surface area (Å²) in [5.74, 6) is -1.10. The molecule has 0 radical (unpaired) electrons. The second-order valence-corrected chi connectivity index (χ2v) is 7.34. The van der Waals surface area contributed by atoms with Gasteiger partial charge in [-0.2, -0.15) is 0 Å². The second kappa shape index (κ2) is 8.09. The lowest BCUT2D eigenvalue weighted by atomic mass is 9.99. The zero-order valence-electron chi connectivity index (χ0n) is 15.5. The largest absolute Gasteiger partial charge is 0.348 e. The van der Waals surface area contributed by atoms with E-state index in [1.165, 1.54) is 24.3 Å². The molecule has 0 aliphatic carbocycles. The monoisotopic (exact) mass is 411 g/mol. The number of anilines is 1. The molecule has 1 aliphatic heterocycles. The molecule has 0 spiro atoms. The summed E-state index contributed by atoms with van der Waals surface area (Å²) >= 11 is 6.18. The molecule has 29 heavy (non-hydrogen) atoms. The summed E-state index contributed by atoms with van der Waals surface area (Å²) in [7, 11) is 0. The highest BCUT2D eigenvalue weighted by Crippen LogP contribution is 2.33. The van der Waals surface area contributed by atoms with E-state index >= 15 is 0 Å². The van der Waals surface area contributed by atoms with E-state index in [1.807, 2.05) is 36.5 Å². The summed E-state index contributed by atoms with van der Waals surface area (Å²) in [5.41, 5.74) is 2.32. The van der Waals surface area contributed by atoms with Gasteiger partial charge in [-0.05, 0) is 54.1 Å². The molecule has 0 unspecified atom stereocenters. The van der Waals surface area contributed by atoms with Gasteiger partial charge < -0.3 is 14.8 Å². The number of hydrogen-bond donors (Lipinski definition) is 1. The van der Waals surface area contributed by atoms with Crippen LogP contribution in [0.4, 0.5) is 10.1 Å². The Morgan fingerprint density at radius 3 is 2.62 bits per heavy atom. The number of fused-ring (bicyclic) bond motifs is 1. The lowest BCUT2D eigenvalue weighted by Crippen LogP contribution is -2.43. The number of hydrogen-bond acceptors (Lipinski definition) is 2. The summed E-state index contributed by atoms with van der Waals surface area (Å²) in [6.45, 7) is 1.15. The maximum absolute atomic E-state index is 13.0. The predicted molar refractivity (Wildman–Crippen MR) is 109 cm³/mol. The van der Waals surface area contributed by atoms with Gasteiger partial charge >= 0.3 is 0 Å². The zero-order chi connectivity index (χ0) is 20.4. The quantitative estimate of drug-likeness (QED) is 0.653. The van der Waals surface area contributed by atoms with Crippen molar-refractivity contribution in [1.29, 1.82) is 0 Å². The van der Waals surface area contributed by atoms with Crippen LogP contribution in [0.2, 0.25) is 5.02 Å². The van der Waals surface area contributed by atoms with E-state index in [9.17, 15) is 14.0 Å². The molecule has 1 N–H and O–H groups in total. The number of rotatable bonds is 4. The standard InChI is InChI=1S/C22H19ClFN3O2/c23-16-4-1-3-15(13-16)22-19-5-2-10-26(19)11-12-27(22)21(29)14-20(28)25-18-8-6-17(24)7-9-18/h1-10,13,22H,11-12,14H2,(H,25,28)/t22-/m0/s1. The van der Waals surface area contributed by atoms with Crippen LogP contribution in [0.5, 0.6) is 0 Å². The summed E-state index contributed by atoms with van der Waals surface area (Å²) in [6.07, 6.45) is 1.69. The first kappa shape index (κ1) is 19.2. The normalized spacial score (nSPS) is 15.7. The number of aromatic nitrogens is 1. The van der Waals surface area contributed by atoms with Crippen LogP contribution in [0.3, 0.4) is 0 Å². The van der Waals surface area contributed by atoms with Crippen molar-refractivity contribution >= 4 is 29.1 Å². The summed E-state index contributed by atoms with van der Waals surface area (Å²) in [5, 5.41) is 3.23. The fourth-order valence-electron chi connectivity index (χ4n) is 3.66. The number of carbonyl (C=O) groups excluding carboxylic acids is 2. The van der Waals surface area contributed by atoms with Gasteiger partial charge in [-0.25, -0.2) is 4.39 Å². The Kier molecular flexibility index (Phi) is 5.36. The van der Waals surface area contributed by atoms with Gasteiger partial charge in [0.1, 0.15) is 12.2 Å². The maximum Gasteiger partial charge on any atom is 0.233 e. The smallest absolute Gasteiger partial charge is 0.233 e. The second-order valence-electron chi connectivity index (χ2n) is 6.90. The Morgan fingerprint density at radius 1 is 1.07 bits per heavy atom. The number of benzene rings is 2. The van der Waals surface area contributed by atoms with Crippen molar-refractivity contribution < 1.29 is 14.0 Å². The SMILES string of the molecule is O=C(CC(=O)N1CCn2cccc2[C@@H]1c1cccc(Cl)c1)Nc1ccc(F)cc1. The Hall–Kier alpha value is -3.12. The number of nitrogens with zero attached hydrogens (tertiary/aromatic N) is 2. The predicted octanol–water partition coefficient (Wildman–Crippen LogP) is 4.24. The van der Waals surface area contributed by atoms with Crippen molar-refractivity contribution in [3.05, 3.63) is 89.0 Å². The first-order valence-electron chi connectivity index (χ1n) is 9.26. The third kappa shape index (κ3) is 4.17. The molecule has 5 nitrogen and oxygen atoms in total. The molecule has 0 fully saturated rings. The van der Waals surface area contributed by atoms with E-state index in [0.29, 0.717) is 23.8 Å². The van der Waals surface area contributed by atoms with Crippen LogP contribution >= 0.6 is 11.6 Å². The van der Waals surface area contributed by atoms with E-state index in [4.69, 9.17) is 11.6 Å². The molecule has 0 saturated heterocycles. The maximum atomic E-state index is 13.0. The van der Waals surface area contributed by atoms with Crippen LogP contribution in [0.25, 0.3) is 0 Å². The van der Waals surface area contributed by atoms with Gasteiger partial charge in [-0.3, -0.25) is 9.59 Å². The van der Waals surface area contributed by atoms with Gasteiger partial charge in [0.15, 0.2) is 0 Å². The summed E-state index contributed by atoms with van der Waals surface area (Å²) in [4.78, 5) is 27.1. The number of amides is 2. The summed E-state index contributed by atoms with van der Waals surface area (Å²) < 4.78 is 15.1. The van der Waals surface area contributed by atoms with Gasteiger partial charge in [0.2, 0.25) is 11.8 Å². The molecule has 0 saturated carbocycles. The van der Waals surface area contributed by atoms with E-state index in [1.54, 1.807) is 11.0 Å². The zero-order valence-corrected chi connectivity index (χ0v) is 16.3. The number of halogens is 2. The van der Waals surface area contributed by atoms with Crippen molar-refractivity contribution in [2.75, 3.05) is 11.9 Å². The average molecular weight is 412 g/mol. The molecule has 2 heterocycles. The minimum absolute atomic E-state index is 0.276. The summed E-state index contributed by atoms with van der Waals surface area (Å²) in [6, 6.07) is 16.4. The van der Waals surface area contributed by atoms with Crippen molar-refractivity contribution in [2.45, 2.75) is 19.0 Å². The molecule has 2 aromatic carbocycles. The molecule has 148 valence electrons. The third-order valence-electron chi connectivity index (χ3n) is 4.96. The third-order valence-corrected chi connectivity index (χ3v) is 5.20. The highest BCUT2D eigenvalue weighted by atomic mass is 35.5. The molecule has 1 atom stereocenters. The Labute approximate surface area is 172 Å². The number of carbonyl (C=O) groups is 2. The lowest BCUT2D eigenvalue weighted by molar-refractivity contribution is -0.136. The van der Waals surface area contributed by atoms with Gasteiger partial charge in [-0.15, -0.1) is 0 Å². The van der Waals surface area contributed by atoms with Crippen LogP contribution in [-0.4, -0.2) is 27.8 Å². The van der Waals surface area contributed by atoms with Crippen LogP contribution in [0.1, 0.15) is 23.7 Å². The van der Waals surface area contributed by atoms with E-state index in [0.717, 1.165) is 11.3 Å². The van der Waals surface area contributed by atoms with Crippen LogP contribution < -0.4 is 5.32 Å². The molecule has 3 aromatic rings. The molecule has 1 aromatic heterocycles. The topological polar surface area (TPSA) is 54.3 Å². The van der Waals surface area contributed by atoms with Crippen LogP contribution in [-0.2, 0) is 16.1 Å². The van der Waals surface area contributed by atoms with Crippen molar-refractivity contribution in [1.82, 2.24) is 9.47 Å². The first-order chi connectivity index (χ1) is 14.0. The van der Waals surface area contributed by atoms with Crippen LogP contribution in [0, 0.1) is 5.82 Å². The highest BCUT2D eigenvalue weighted by Gasteiger charge is 2.32. The Bertz CT molecular complexity index is 1050. The van der Waals surface area contributed by atoms with E-state index in [2.05, 4.69) is 9.88 Å². The lowest BCUT2D eigenvalue weighted by Gasteiger charge is -2.37. The van der Waals surface area contributed by atoms with Gasteiger partial charge in [0.05, 0.1) is 6.04 Å². The van der Waals surface area contributed by atoms with Gasteiger partial charge in [-0.1, -0.05) is 23.7 Å². The molecule has 1 aliphatic rings. The van der Waals surface area contributed by atoms with Gasteiger partial charge in [0.25, 0.3) is 0 Å². The van der Waals surface area contributed by atoms with Crippen molar-refractivity contribution in [2.24, 2.45) is 0 Å². The first-order valence-corrected chi connectivity index (χ1v) is 9.64. The molecule has 2 amide bonds. The molecule has 7 heteroatoms. The van der Waals surface area contributed by atoms with Crippen LogP contribution in [0.15, 0.2) is 66.9 Å². The van der Waals surface area contributed by atoms with E-state index in [-0.39, 0.29) is 24.2 Å². The van der Waals surface area contributed by atoms with E-state index < -0.39 is 5.91 Å². The number of nitrogens with one attached hydrogen (secondary N) is 1. The molecule has 0 bridgehead atoms. The highest BCUT2D eigenvalue weighted by molar-refractivity contribution is 6.30. The Balaban J connectivity index is 1.54.